The summed E-state index contributed by atoms with van der Waals surface area (Å²) in [6.45, 7) is 0. The van der Waals surface area contributed by atoms with E-state index in [2.05, 4.69) is 20.8 Å². The van der Waals surface area contributed by atoms with Gasteiger partial charge in [0.25, 0.3) is 5.91 Å². The lowest BCUT2D eigenvalue weighted by molar-refractivity contribution is -0.125. The van der Waals surface area contributed by atoms with Crippen molar-refractivity contribution in [3.63, 3.8) is 0 Å². The molecule has 1 heterocycles. The fraction of sp³-hybridized carbons (Fsp3) is 0.200. The summed E-state index contributed by atoms with van der Waals surface area (Å²) in [5.41, 5.74) is 1.68. The van der Waals surface area contributed by atoms with Gasteiger partial charge in [-0.25, -0.2) is 0 Å². The van der Waals surface area contributed by atoms with E-state index in [1.807, 2.05) is 54.6 Å². The van der Waals surface area contributed by atoms with E-state index in [0.29, 0.717) is 15.9 Å². The lowest BCUT2D eigenvalue weighted by Crippen LogP contribution is -2.47. The van der Waals surface area contributed by atoms with Crippen molar-refractivity contribution in [3.05, 3.63) is 60.2 Å². The maximum atomic E-state index is 12.8. The van der Waals surface area contributed by atoms with Crippen molar-refractivity contribution in [1.82, 2.24) is 15.5 Å². The van der Waals surface area contributed by atoms with Gasteiger partial charge < -0.3 is 10.1 Å². The van der Waals surface area contributed by atoms with Crippen LogP contribution in [-0.2, 0) is 16.0 Å². The van der Waals surface area contributed by atoms with E-state index in [1.54, 1.807) is 7.11 Å². The number of carbonyl (C=O) groups is 2. The summed E-state index contributed by atoms with van der Waals surface area (Å²) in [4.78, 5) is 23.5. The van der Waals surface area contributed by atoms with Crippen LogP contribution in [0.25, 0.3) is 10.6 Å². The molecule has 0 aliphatic rings. The van der Waals surface area contributed by atoms with E-state index in [4.69, 9.17) is 27.9 Å². The Morgan fingerprint density at radius 1 is 1.07 bits per heavy atom. The number of carbonyl (C=O) groups excluding carboxylic acids is 2. The molecule has 0 aliphatic carbocycles. The molecule has 2 aromatic carbocycles. The molecule has 0 radical (unpaired) electrons. The van der Waals surface area contributed by atoms with Crippen LogP contribution in [0.2, 0.25) is 0 Å². The number of halogens is 2. The second-order valence-corrected chi connectivity index (χ2v) is 8.26. The average molecular weight is 465 g/mol. The quantitative estimate of drug-likeness (QED) is 0.495. The third kappa shape index (κ3) is 5.91. The van der Waals surface area contributed by atoms with Crippen molar-refractivity contribution in [2.75, 3.05) is 12.4 Å². The Morgan fingerprint density at radius 2 is 1.83 bits per heavy atom. The molecule has 0 aliphatic heterocycles. The molecule has 2 amide bonds. The van der Waals surface area contributed by atoms with Crippen LogP contribution >= 0.6 is 34.5 Å². The first-order chi connectivity index (χ1) is 14.5. The minimum Gasteiger partial charge on any atom is -0.497 e. The van der Waals surface area contributed by atoms with Crippen LogP contribution in [-0.4, -0.2) is 40.0 Å². The zero-order chi connectivity index (χ0) is 21.5. The number of alkyl halides is 2. The lowest BCUT2D eigenvalue weighted by Gasteiger charge is -2.18. The highest BCUT2D eigenvalue weighted by Crippen LogP contribution is 2.28. The first-order valence-electron chi connectivity index (χ1n) is 8.87. The number of hydrogen-bond donors (Lipinski definition) is 2. The first-order valence-corrected chi connectivity index (χ1v) is 10.6. The Balaban J connectivity index is 1.74. The number of methoxy groups -OCH3 is 1. The zero-order valence-corrected chi connectivity index (χ0v) is 18.2. The standard InChI is InChI=1S/C20H18Cl2N4O3S/c1-29-14-9-5-8-13(11-14)19-25-26-20(30-19)24-17(27)15(23-18(28)16(21)22)10-12-6-3-2-4-7-12/h2-9,11,15-16H,10H2,1H3,(H,23,28)(H,24,26,27). The number of benzene rings is 2. The van der Waals surface area contributed by atoms with Crippen molar-refractivity contribution < 1.29 is 14.3 Å². The summed E-state index contributed by atoms with van der Waals surface area (Å²) >= 11 is 12.5. The van der Waals surface area contributed by atoms with E-state index < -0.39 is 22.7 Å². The molecule has 7 nitrogen and oxygen atoms in total. The molecule has 30 heavy (non-hydrogen) atoms. The Morgan fingerprint density at radius 3 is 2.53 bits per heavy atom. The molecule has 3 rings (SSSR count). The third-order valence-corrected chi connectivity index (χ3v) is 5.37. The number of anilines is 1. The van der Waals surface area contributed by atoms with Gasteiger partial charge in [-0.05, 0) is 17.7 Å². The van der Waals surface area contributed by atoms with Gasteiger partial charge in [-0.1, -0.05) is 77.0 Å². The Labute approximate surface area is 187 Å². The summed E-state index contributed by atoms with van der Waals surface area (Å²) < 4.78 is 5.22. The maximum absolute atomic E-state index is 12.8. The summed E-state index contributed by atoms with van der Waals surface area (Å²) in [6.07, 6.45) is 0.264. The SMILES string of the molecule is COc1cccc(-c2nnc(NC(=O)C(Cc3ccccc3)NC(=O)C(Cl)Cl)s2)c1. The largest absolute Gasteiger partial charge is 0.497 e. The molecule has 0 bridgehead atoms. The molecule has 2 N–H and O–H groups in total. The number of hydrogen-bond acceptors (Lipinski definition) is 6. The Hall–Kier alpha value is -2.68. The number of amides is 2. The molecule has 10 heteroatoms. The number of aromatic nitrogens is 2. The van der Waals surface area contributed by atoms with Crippen LogP contribution in [0.1, 0.15) is 5.56 Å². The minimum absolute atomic E-state index is 0.264. The van der Waals surface area contributed by atoms with Gasteiger partial charge in [-0.15, -0.1) is 10.2 Å². The van der Waals surface area contributed by atoms with Crippen molar-refractivity contribution >= 4 is 51.5 Å². The van der Waals surface area contributed by atoms with Gasteiger partial charge >= 0.3 is 0 Å². The van der Waals surface area contributed by atoms with E-state index >= 15 is 0 Å². The predicted molar refractivity (Wildman–Crippen MR) is 118 cm³/mol. The molecular formula is C20H18Cl2N4O3S. The van der Waals surface area contributed by atoms with Crippen LogP contribution in [0, 0.1) is 0 Å². The van der Waals surface area contributed by atoms with Crippen LogP contribution < -0.4 is 15.4 Å². The van der Waals surface area contributed by atoms with E-state index in [0.717, 1.165) is 11.1 Å². The molecule has 0 fully saturated rings. The summed E-state index contributed by atoms with van der Waals surface area (Å²) in [5, 5.41) is 14.3. The number of nitrogens with zero attached hydrogens (tertiary/aromatic N) is 2. The second kappa shape index (κ2) is 10.4. The minimum atomic E-state index is -1.28. The van der Waals surface area contributed by atoms with Crippen molar-refractivity contribution in [3.8, 4) is 16.3 Å². The fourth-order valence-corrected chi connectivity index (χ4v) is 3.50. The molecule has 1 atom stereocenters. The molecule has 1 unspecified atom stereocenters. The highest BCUT2D eigenvalue weighted by Gasteiger charge is 2.25. The number of ether oxygens (including phenoxy) is 1. The molecule has 0 spiro atoms. The van der Waals surface area contributed by atoms with Crippen LogP contribution in [0.3, 0.4) is 0 Å². The summed E-state index contributed by atoms with van der Waals surface area (Å²) in [7, 11) is 1.58. The molecule has 0 saturated carbocycles. The number of nitrogens with one attached hydrogen (secondary N) is 2. The summed E-state index contributed by atoms with van der Waals surface area (Å²) in [5.74, 6) is -0.408. The van der Waals surface area contributed by atoms with Crippen LogP contribution in [0.15, 0.2) is 54.6 Å². The highest BCUT2D eigenvalue weighted by molar-refractivity contribution is 7.18. The lowest BCUT2D eigenvalue weighted by atomic mass is 10.1. The summed E-state index contributed by atoms with van der Waals surface area (Å²) in [6, 6.07) is 15.8. The van der Waals surface area contributed by atoms with Gasteiger partial charge in [0.15, 0.2) is 4.84 Å². The molecule has 1 aromatic heterocycles. The van der Waals surface area contributed by atoms with E-state index in [-0.39, 0.29) is 6.42 Å². The third-order valence-electron chi connectivity index (χ3n) is 4.09. The Bertz CT molecular complexity index is 1010. The van der Waals surface area contributed by atoms with Gasteiger partial charge in [0.05, 0.1) is 7.11 Å². The fourth-order valence-electron chi connectivity index (χ4n) is 2.63. The highest BCUT2D eigenvalue weighted by atomic mass is 35.5. The monoisotopic (exact) mass is 464 g/mol. The van der Waals surface area contributed by atoms with Gasteiger partial charge in [0, 0.05) is 12.0 Å². The Kier molecular flexibility index (Phi) is 7.62. The smallest absolute Gasteiger partial charge is 0.253 e. The normalized spacial score (nSPS) is 11.7. The van der Waals surface area contributed by atoms with Gasteiger partial charge in [0.1, 0.15) is 16.8 Å². The molecule has 3 aromatic rings. The van der Waals surface area contributed by atoms with Crippen molar-refractivity contribution in [1.29, 1.82) is 0 Å². The van der Waals surface area contributed by atoms with E-state index in [1.165, 1.54) is 11.3 Å². The zero-order valence-electron chi connectivity index (χ0n) is 15.8. The predicted octanol–water partition coefficient (Wildman–Crippen LogP) is 3.68. The molecular weight excluding hydrogens is 447 g/mol. The van der Waals surface area contributed by atoms with Crippen molar-refractivity contribution in [2.24, 2.45) is 0 Å². The van der Waals surface area contributed by atoms with Crippen molar-refractivity contribution in [2.45, 2.75) is 17.3 Å². The second-order valence-electron chi connectivity index (χ2n) is 6.19. The van der Waals surface area contributed by atoms with Gasteiger partial charge in [-0.3, -0.25) is 14.9 Å². The number of rotatable bonds is 8. The van der Waals surface area contributed by atoms with Gasteiger partial charge in [0.2, 0.25) is 11.0 Å². The average Bonchev–Trinajstić information content (AvgIpc) is 3.22. The first kappa shape index (κ1) is 22.0. The molecule has 156 valence electrons. The molecule has 0 saturated heterocycles. The topological polar surface area (TPSA) is 93.2 Å². The maximum Gasteiger partial charge on any atom is 0.253 e. The van der Waals surface area contributed by atoms with E-state index in [9.17, 15) is 9.59 Å². The van der Waals surface area contributed by atoms with Crippen LogP contribution in [0.5, 0.6) is 5.75 Å². The van der Waals surface area contributed by atoms with Gasteiger partial charge in [-0.2, -0.15) is 0 Å². The van der Waals surface area contributed by atoms with Crippen LogP contribution in [0.4, 0.5) is 5.13 Å².